The number of hydrogen-bond donors (Lipinski definition) is 4. The minimum Gasteiger partial charge on any atom is -0.507 e. The number of phenolic OH excluding ortho intramolecular Hbond substituents is 1. The predicted molar refractivity (Wildman–Crippen MR) is 112 cm³/mol. The maximum atomic E-state index is 11.7. The number of ether oxygens (including phenoxy) is 1. The van der Waals surface area contributed by atoms with E-state index in [9.17, 15) is 9.90 Å². The number of nitrogens with one attached hydrogen (secondary N) is 1. The first-order valence-electron chi connectivity index (χ1n) is 8.96. The minimum atomic E-state index is -0.0501. The molecule has 0 saturated carbocycles. The van der Waals surface area contributed by atoms with E-state index in [1.807, 2.05) is 12.1 Å². The molecule has 3 rings (SSSR count). The monoisotopic (exact) mass is 384 g/mol. The largest absolute Gasteiger partial charge is 0.507 e. The van der Waals surface area contributed by atoms with Gasteiger partial charge in [-0.3, -0.25) is 4.79 Å². The first kappa shape index (κ1) is 21.1. The van der Waals surface area contributed by atoms with Gasteiger partial charge in [0.05, 0.1) is 0 Å². The number of hydrogen-bond acceptors (Lipinski definition) is 5. The van der Waals surface area contributed by atoms with Gasteiger partial charge < -0.3 is 31.2 Å². The number of amides is 1. The number of nitrogen functional groups attached to an aromatic ring is 1. The van der Waals surface area contributed by atoms with Gasteiger partial charge in [0.2, 0.25) is 5.91 Å². The van der Waals surface area contributed by atoms with E-state index < -0.39 is 0 Å². The fraction of sp³-hybridized carbons (Fsp3) is 0.286. The summed E-state index contributed by atoms with van der Waals surface area (Å²) in [6, 6.07) is 8.84. The Labute approximate surface area is 165 Å². The van der Waals surface area contributed by atoms with Crippen molar-refractivity contribution in [1.29, 1.82) is 0 Å². The van der Waals surface area contributed by atoms with Gasteiger partial charge in [-0.25, -0.2) is 0 Å². The Kier molecular flexibility index (Phi) is 7.28. The van der Waals surface area contributed by atoms with Crippen LogP contribution < -0.4 is 11.5 Å². The molecule has 7 heteroatoms. The number of likely N-dealkylation sites (tertiary alicyclic amines) is 1. The topological polar surface area (TPSA) is 118 Å². The third kappa shape index (κ3) is 4.95. The van der Waals surface area contributed by atoms with Gasteiger partial charge in [-0.05, 0) is 36.8 Å². The van der Waals surface area contributed by atoms with Crippen LogP contribution in [0.5, 0.6) is 5.75 Å². The highest BCUT2D eigenvalue weighted by Crippen LogP contribution is 2.31. The normalized spacial score (nSPS) is 16.4. The maximum Gasteiger partial charge on any atom is 0.245 e. The molecule has 0 bridgehead atoms. The van der Waals surface area contributed by atoms with Crippen molar-refractivity contribution in [2.24, 2.45) is 5.73 Å². The average molecular weight is 384 g/mol. The van der Waals surface area contributed by atoms with Gasteiger partial charge in [0.1, 0.15) is 11.6 Å². The second kappa shape index (κ2) is 9.66. The number of methoxy groups -OCH3 is 1. The van der Waals surface area contributed by atoms with E-state index in [4.69, 9.17) is 11.5 Å². The first-order valence-corrected chi connectivity index (χ1v) is 8.96. The van der Waals surface area contributed by atoms with Gasteiger partial charge in [0.25, 0.3) is 0 Å². The fourth-order valence-electron chi connectivity index (χ4n) is 3.15. The summed E-state index contributed by atoms with van der Waals surface area (Å²) in [6.45, 7) is 4.88. The number of nitrogens with two attached hydrogens (primary N) is 2. The summed E-state index contributed by atoms with van der Waals surface area (Å²) in [6.07, 6.45) is 3.95. The SMILES string of the molecule is C=CC(=O)N1CCC(c2cc(/C=C(\N)c3ccccc3O)c(N)[nH]2)C1.COC. The van der Waals surface area contributed by atoms with E-state index >= 15 is 0 Å². The molecule has 7 nitrogen and oxygen atoms in total. The number of aromatic nitrogens is 1. The number of nitrogens with zero attached hydrogens (tertiary/aromatic N) is 1. The molecule has 1 amide bonds. The second-order valence-corrected chi connectivity index (χ2v) is 6.59. The molecule has 1 unspecified atom stereocenters. The second-order valence-electron chi connectivity index (χ2n) is 6.59. The molecule has 1 aromatic carbocycles. The van der Waals surface area contributed by atoms with Gasteiger partial charge >= 0.3 is 0 Å². The lowest BCUT2D eigenvalue weighted by molar-refractivity contribution is -0.125. The summed E-state index contributed by atoms with van der Waals surface area (Å²) in [4.78, 5) is 16.7. The Balaban J connectivity index is 0.000000878. The minimum absolute atomic E-state index is 0.0501. The summed E-state index contributed by atoms with van der Waals surface area (Å²) in [5.74, 6) is 0.799. The van der Waals surface area contributed by atoms with Crippen LogP contribution in [0.1, 0.15) is 29.2 Å². The molecule has 0 radical (unpaired) electrons. The molecule has 1 aliphatic heterocycles. The third-order valence-electron chi connectivity index (χ3n) is 4.54. The number of para-hydroxylation sites is 1. The number of rotatable bonds is 4. The van der Waals surface area contributed by atoms with Crippen LogP contribution in [0.2, 0.25) is 0 Å². The van der Waals surface area contributed by atoms with Crippen LogP contribution >= 0.6 is 0 Å². The van der Waals surface area contributed by atoms with E-state index in [0.717, 1.165) is 17.7 Å². The fourth-order valence-corrected chi connectivity index (χ4v) is 3.15. The lowest BCUT2D eigenvalue weighted by atomic mass is 10.0. The quantitative estimate of drug-likeness (QED) is 0.604. The average Bonchev–Trinajstić information content (AvgIpc) is 3.29. The van der Waals surface area contributed by atoms with Crippen LogP contribution in [0.25, 0.3) is 11.8 Å². The number of aromatic hydroxyl groups is 1. The Hall–Kier alpha value is -3.19. The number of carbonyl (C=O) groups is 1. The Bertz CT molecular complexity index is 857. The standard InChI is InChI=1S/C19H22N4O2.C2H6O/c1-2-18(25)23-8-7-12(11-23)16-10-13(19(21)22-16)9-15(20)14-5-3-4-6-17(14)24;1-3-2/h2-6,9-10,12,22,24H,1,7-8,11,20-21H2;1-2H3/b15-9-;. The summed E-state index contributed by atoms with van der Waals surface area (Å²) in [5.41, 5.74) is 14.9. The highest BCUT2D eigenvalue weighted by atomic mass is 16.4. The number of phenols is 1. The van der Waals surface area contributed by atoms with Crippen molar-refractivity contribution in [3.8, 4) is 5.75 Å². The van der Waals surface area contributed by atoms with Crippen molar-refractivity contribution in [2.45, 2.75) is 12.3 Å². The molecule has 2 heterocycles. The zero-order chi connectivity index (χ0) is 20.7. The van der Waals surface area contributed by atoms with E-state index in [0.29, 0.717) is 30.2 Å². The molecule has 150 valence electrons. The number of H-pyrrole nitrogens is 1. The van der Waals surface area contributed by atoms with Crippen LogP contribution in [-0.2, 0) is 9.53 Å². The molecule has 28 heavy (non-hydrogen) atoms. The smallest absolute Gasteiger partial charge is 0.245 e. The predicted octanol–water partition coefficient (Wildman–Crippen LogP) is 2.52. The number of aromatic amines is 1. The van der Waals surface area contributed by atoms with Crippen LogP contribution in [0, 0.1) is 0 Å². The molecule has 2 aromatic rings. The van der Waals surface area contributed by atoms with Gasteiger partial charge in [-0.2, -0.15) is 0 Å². The molecule has 0 spiro atoms. The van der Waals surface area contributed by atoms with Gasteiger partial charge in [0, 0.05) is 55.7 Å². The zero-order valence-electron chi connectivity index (χ0n) is 16.3. The summed E-state index contributed by atoms with van der Waals surface area (Å²) < 4.78 is 4.25. The molecule has 1 aromatic heterocycles. The van der Waals surface area contributed by atoms with Crippen LogP contribution in [0.15, 0.2) is 43.0 Å². The van der Waals surface area contributed by atoms with E-state index in [-0.39, 0.29) is 17.6 Å². The van der Waals surface area contributed by atoms with E-state index in [1.54, 1.807) is 43.4 Å². The van der Waals surface area contributed by atoms with Crippen LogP contribution in [0.3, 0.4) is 0 Å². The van der Waals surface area contributed by atoms with E-state index in [1.165, 1.54) is 6.08 Å². The highest BCUT2D eigenvalue weighted by molar-refractivity contribution is 5.87. The van der Waals surface area contributed by atoms with Crippen molar-refractivity contribution >= 4 is 23.5 Å². The number of carbonyl (C=O) groups excluding carboxylic acids is 1. The summed E-state index contributed by atoms with van der Waals surface area (Å²) >= 11 is 0. The molecular formula is C21H28N4O3. The lowest BCUT2D eigenvalue weighted by Gasteiger charge is -2.13. The molecule has 1 atom stereocenters. The molecule has 1 saturated heterocycles. The van der Waals surface area contributed by atoms with Crippen molar-refractivity contribution in [2.75, 3.05) is 33.0 Å². The highest BCUT2D eigenvalue weighted by Gasteiger charge is 2.27. The molecule has 6 N–H and O–H groups in total. The van der Waals surface area contributed by atoms with Crippen molar-refractivity contribution in [3.05, 3.63) is 59.8 Å². The van der Waals surface area contributed by atoms with E-state index in [2.05, 4.69) is 16.3 Å². The Morgan fingerprint density at radius 2 is 2.07 bits per heavy atom. The molecule has 1 aliphatic rings. The van der Waals surface area contributed by atoms with Gasteiger partial charge in [-0.1, -0.05) is 18.7 Å². The van der Waals surface area contributed by atoms with Crippen molar-refractivity contribution in [3.63, 3.8) is 0 Å². The molecule has 1 fully saturated rings. The maximum absolute atomic E-state index is 11.7. The van der Waals surface area contributed by atoms with Crippen LogP contribution in [0.4, 0.5) is 5.82 Å². The zero-order valence-corrected chi connectivity index (χ0v) is 16.3. The third-order valence-corrected chi connectivity index (χ3v) is 4.54. The van der Waals surface area contributed by atoms with Crippen molar-refractivity contribution < 1.29 is 14.6 Å². The van der Waals surface area contributed by atoms with Gasteiger partial charge in [0.15, 0.2) is 0 Å². The first-order chi connectivity index (χ1) is 13.4. The lowest BCUT2D eigenvalue weighted by Crippen LogP contribution is -2.26. The van der Waals surface area contributed by atoms with Crippen molar-refractivity contribution in [1.82, 2.24) is 9.88 Å². The summed E-state index contributed by atoms with van der Waals surface area (Å²) in [7, 11) is 3.25. The Morgan fingerprint density at radius 3 is 2.71 bits per heavy atom. The molecular weight excluding hydrogens is 356 g/mol. The van der Waals surface area contributed by atoms with Crippen LogP contribution in [-0.4, -0.2) is 48.2 Å². The number of benzene rings is 1. The molecule has 0 aliphatic carbocycles. The number of anilines is 1. The Morgan fingerprint density at radius 1 is 1.39 bits per heavy atom. The summed E-state index contributed by atoms with van der Waals surface area (Å²) in [5, 5.41) is 9.91. The van der Waals surface area contributed by atoms with Gasteiger partial charge in [-0.15, -0.1) is 0 Å².